The summed E-state index contributed by atoms with van der Waals surface area (Å²) in [7, 11) is 0. The van der Waals surface area contributed by atoms with Gasteiger partial charge in [-0.05, 0) is 31.1 Å². The Morgan fingerprint density at radius 2 is 1.91 bits per heavy atom. The van der Waals surface area contributed by atoms with Crippen molar-refractivity contribution in [3.8, 4) is 0 Å². The molecule has 3 atom stereocenters. The molecule has 2 amide bonds. The lowest BCUT2D eigenvalue weighted by molar-refractivity contribution is -0.144. The van der Waals surface area contributed by atoms with Gasteiger partial charge in [-0.25, -0.2) is 4.68 Å². The quantitative estimate of drug-likeness (QED) is 0.634. The summed E-state index contributed by atoms with van der Waals surface area (Å²) in [5, 5.41) is 29.6. The van der Waals surface area contributed by atoms with Crippen molar-refractivity contribution in [1.82, 2.24) is 35.4 Å². The molecule has 2 N–H and O–H groups in total. The maximum absolute atomic E-state index is 13.7. The molecule has 2 aromatic heterocycles. The Labute approximate surface area is 191 Å². The van der Waals surface area contributed by atoms with Gasteiger partial charge in [0.15, 0.2) is 0 Å². The molecule has 2 aliphatic carbocycles. The molecule has 2 unspecified atom stereocenters. The minimum Gasteiger partial charge on any atom is -0.423 e. The maximum Gasteiger partial charge on any atom is 0.248 e. The fourth-order valence-corrected chi connectivity index (χ4v) is 4.44. The van der Waals surface area contributed by atoms with Crippen LogP contribution in [0.1, 0.15) is 88.2 Å². The summed E-state index contributed by atoms with van der Waals surface area (Å²) in [6, 6.07) is -1.43. The van der Waals surface area contributed by atoms with Gasteiger partial charge in [-0.2, -0.15) is 0 Å². The van der Waals surface area contributed by atoms with E-state index in [1.165, 1.54) is 4.90 Å². The lowest BCUT2D eigenvalue weighted by atomic mass is 9.85. The Hall–Kier alpha value is -2.82. The number of amides is 2. The van der Waals surface area contributed by atoms with Crippen LogP contribution in [0.3, 0.4) is 0 Å². The largest absolute Gasteiger partial charge is 0.423 e. The molecule has 0 aromatic carbocycles. The van der Waals surface area contributed by atoms with Crippen LogP contribution in [0.15, 0.2) is 10.6 Å². The van der Waals surface area contributed by atoms with Gasteiger partial charge in [0.1, 0.15) is 12.1 Å². The van der Waals surface area contributed by atoms with E-state index in [2.05, 4.69) is 25.8 Å². The molecule has 2 saturated carbocycles. The summed E-state index contributed by atoms with van der Waals surface area (Å²) in [6.45, 7) is 6.07. The number of aromatic nitrogens is 5. The third-order valence-electron chi connectivity index (χ3n) is 6.53. The van der Waals surface area contributed by atoms with Crippen LogP contribution >= 0.6 is 0 Å². The number of nitrogens with zero attached hydrogens (tertiary/aromatic N) is 6. The van der Waals surface area contributed by atoms with Crippen molar-refractivity contribution in [2.45, 2.75) is 89.4 Å². The molecule has 0 radical (unpaired) electrons. The van der Waals surface area contributed by atoms with E-state index < -0.39 is 23.6 Å². The van der Waals surface area contributed by atoms with Crippen LogP contribution in [-0.2, 0) is 16.1 Å². The van der Waals surface area contributed by atoms with Crippen LogP contribution < -0.4 is 5.32 Å². The second kappa shape index (κ2) is 8.19. The lowest BCUT2D eigenvalue weighted by Crippen LogP contribution is -2.50. The molecule has 3 aliphatic rings. The van der Waals surface area contributed by atoms with Crippen molar-refractivity contribution in [2.24, 2.45) is 5.41 Å². The molecule has 0 spiro atoms. The number of carbonyl (C=O) groups is 2. The Balaban J connectivity index is 1.30. The first-order valence-corrected chi connectivity index (χ1v) is 11.7. The average Bonchev–Trinajstić information content (AvgIpc) is 3.65. The summed E-state index contributed by atoms with van der Waals surface area (Å²) in [5.41, 5.74) is 0.432. The van der Waals surface area contributed by atoms with Gasteiger partial charge in [0, 0.05) is 31.0 Å². The highest BCUT2D eigenvalue weighted by atomic mass is 16.4. The first-order valence-electron chi connectivity index (χ1n) is 11.7. The second-order valence-electron chi connectivity index (χ2n) is 10.6. The minimum atomic E-state index is -0.783. The van der Waals surface area contributed by atoms with Crippen LogP contribution in [0.25, 0.3) is 0 Å². The second-order valence-corrected chi connectivity index (χ2v) is 10.6. The first-order chi connectivity index (χ1) is 15.7. The zero-order chi connectivity index (χ0) is 23.3. The number of β-amino-alcohol motifs (C(OH)–C–C–N with tert-alkyl or cyclic N) is 1. The van der Waals surface area contributed by atoms with Crippen molar-refractivity contribution < 1.29 is 19.1 Å². The predicted molar refractivity (Wildman–Crippen MR) is 115 cm³/mol. The molecule has 2 aromatic rings. The number of carbonyl (C=O) groups excluding carboxylic acids is 2. The zero-order valence-corrected chi connectivity index (χ0v) is 19.3. The van der Waals surface area contributed by atoms with Crippen LogP contribution in [-0.4, -0.2) is 65.7 Å². The summed E-state index contributed by atoms with van der Waals surface area (Å²) in [4.78, 5) is 28.2. The standard InChI is InChI=1S/C22H31N7O4/c1-22(2,3)18(29-11-15(24-27-29)12-4-5-12)21(32)28-10-14(30)8-16(28)19(31)23-9-17-25-26-20(33-17)13-6-7-13/h11-14,16,18,30H,4-10H2,1-3H3,(H,23,31)/t14?,16?,18-/m1/s1. The van der Waals surface area contributed by atoms with Gasteiger partial charge in [0.2, 0.25) is 23.6 Å². The Bertz CT molecular complexity index is 1030. The highest BCUT2D eigenvalue weighted by molar-refractivity contribution is 5.90. The zero-order valence-electron chi connectivity index (χ0n) is 19.3. The summed E-state index contributed by atoms with van der Waals surface area (Å²) in [6.07, 6.45) is 5.54. The van der Waals surface area contributed by atoms with Gasteiger partial charge in [-0.15, -0.1) is 15.3 Å². The fraction of sp³-hybridized carbons (Fsp3) is 0.727. The van der Waals surface area contributed by atoms with E-state index in [4.69, 9.17) is 4.42 Å². The predicted octanol–water partition coefficient (Wildman–Crippen LogP) is 1.28. The minimum absolute atomic E-state index is 0.0870. The van der Waals surface area contributed by atoms with Crippen molar-refractivity contribution in [2.75, 3.05) is 6.54 Å². The molecule has 1 aliphatic heterocycles. The van der Waals surface area contributed by atoms with E-state index in [-0.39, 0.29) is 31.3 Å². The molecular weight excluding hydrogens is 426 g/mol. The smallest absolute Gasteiger partial charge is 0.248 e. The van der Waals surface area contributed by atoms with E-state index in [1.807, 2.05) is 27.0 Å². The molecular formula is C22H31N7O4. The number of rotatable bonds is 7. The summed E-state index contributed by atoms with van der Waals surface area (Å²) in [5.74, 6) is 1.11. The molecule has 3 fully saturated rings. The molecule has 0 bridgehead atoms. The fourth-order valence-electron chi connectivity index (χ4n) is 4.44. The Morgan fingerprint density at radius 3 is 2.58 bits per heavy atom. The lowest BCUT2D eigenvalue weighted by Gasteiger charge is -2.34. The van der Waals surface area contributed by atoms with E-state index in [1.54, 1.807) is 4.68 Å². The van der Waals surface area contributed by atoms with Crippen LogP contribution in [0.4, 0.5) is 0 Å². The third kappa shape index (κ3) is 4.64. The highest BCUT2D eigenvalue weighted by Gasteiger charge is 2.45. The maximum atomic E-state index is 13.7. The monoisotopic (exact) mass is 457 g/mol. The molecule has 5 rings (SSSR count). The van der Waals surface area contributed by atoms with E-state index in [9.17, 15) is 14.7 Å². The highest BCUT2D eigenvalue weighted by Crippen LogP contribution is 2.40. The average molecular weight is 458 g/mol. The summed E-state index contributed by atoms with van der Waals surface area (Å²) >= 11 is 0. The number of hydrogen-bond donors (Lipinski definition) is 2. The van der Waals surface area contributed by atoms with Crippen molar-refractivity contribution in [3.05, 3.63) is 23.7 Å². The SMILES string of the molecule is CC(C)(C)[C@@H](C(=O)N1CC(O)CC1C(=O)NCc1nnc(C2CC2)o1)n1cc(C2CC2)nn1. The van der Waals surface area contributed by atoms with Crippen molar-refractivity contribution in [3.63, 3.8) is 0 Å². The van der Waals surface area contributed by atoms with E-state index in [0.717, 1.165) is 31.4 Å². The normalized spacial score (nSPS) is 24.2. The molecule has 1 saturated heterocycles. The molecule has 11 nitrogen and oxygen atoms in total. The Morgan fingerprint density at radius 1 is 1.18 bits per heavy atom. The third-order valence-corrected chi connectivity index (χ3v) is 6.53. The van der Waals surface area contributed by atoms with Gasteiger partial charge in [-0.3, -0.25) is 9.59 Å². The molecule has 178 valence electrons. The number of likely N-dealkylation sites (tertiary alicyclic amines) is 1. The van der Waals surface area contributed by atoms with Gasteiger partial charge >= 0.3 is 0 Å². The number of aliphatic hydroxyl groups excluding tert-OH is 1. The van der Waals surface area contributed by atoms with Crippen LogP contribution in [0.2, 0.25) is 0 Å². The first kappa shape index (κ1) is 22.0. The molecule has 11 heteroatoms. The van der Waals surface area contributed by atoms with Gasteiger partial charge in [0.25, 0.3) is 0 Å². The number of nitrogens with one attached hydrogen (secondary N) is 1. The van der Waals surface area contributed by atoms with Crippen LogP contribution in [0.5, 0.6) is 0 Å². The number of hydrogen-bond acceptors (Lipinski definition) is 8. The van der Waals surface area contributed by atoms with Crippen LogP contribution in [0, 0.1) is 5.41 Å². The topological polar surface area (TPSA) is 139 Å². The van der Waals surface area contributed by atoms with Crippen molar-refractivity contribution >= 4 is 11.8 Å². The van der Waals surface area contributed by atoms with E-state index in [0.29, 0.717) is 23.6 Å². The van der Waals surface area contributed by atoms with Gasteiger partial charge < -0.3 is 19.7 Å². The molecule has 33 heavy (non-hydrogen) atoms. The van der Waals surface area contributed by atoms with Crippen molar-refractivity contribution in [1.29, 1.82) is 0 Å². The van der Waals surface area contributed by atoms with E-state index >= 15 is 0 Å². The van der Waals surface area contributed by atoms with Gasteiger partial charge in [-0.1, -0.05) is 26.0 Å². The molecule has 3 heterocycles. The summed E-state index contributed by atoms with van der Waals surface area (Å²) < 4.78 is 7.22. The number of aliphatic hydroxyl groups is 1. The van der Waals surface area contributed by atoms with Gasteiger partial charge in [0.05, 0.1) is 18.3 Å². The Kier molecular flexibility index (Phi) is 5.46.